The minimum Gasteiger partial charge on any atom is -0.420 e. The summed E-state index contributed by atoms with van der Waals surface area (Å²) in [5.74, 6) is 1.21. The molecular formula is C27H31ClN4O4S. The molecule has 2 fully saturated rings. The number of nitrogens with zero attached hydrogens (tertiary/aromatic N) is 3. The molecule has 10 heteroatoms. The quantitative estimate of drug-likeness (QED) is 0.434. The molecule has 1 saturated heterocycles. The first-order valence-electron chi connectivity index (χ1n) is 12.9. The van der Waals surface area contributed by atoms with Gasteiger partial charge in [-0.3, -0.25) is 4.79 Å². The second-order valence-electron chi connectivity index (χ2n) is 9.78. The first-order valence-corrected chi connectivity index (χ1v) is 14.7. The highest BCUT2D eigenvalue weighted by Gasteiger charge is 2.36. The van der Waals surface area contributed by atoms with Gasteiger partial charge in [0.25, 0.3) is 0 Å². The largest absolute Gasteiger partial charge is 0.420 e. The van der Waals surface area contributed by atoms with E-state index >= 15 is 0 Å². The van der Waals surface area contributed by atoms with E-state index in [9.17, 15) is 13.2 Å². The second kappa shape index (κ2) is 11.3. The Morgan fingerprint density at radius 1 is 0.919 bits per heavy atom. The number of halogens is 1. The Bertz CT molecular complexity index is 1320. The Hall–Kier alpha value is -2.75. The number of rotatable bonds is 7. The average molecular weight is 543 g/mol. The van der Waals surface area contributed by atoms with Crippen LogP contribution in [0.3, 0.4) is 0 Å². The third-order valence-corrected chi connectivity index (χ3v) is 9.33. The van der Waals surface area contributed by atoms with E-state index < -0.39 is 16.1 Å². The van der Waals surface area contributed by atoms with Crippen LogP contribution in [-0.2, 0) is 21.4 Å². The summed E-state index contributed by atoms with van der Waals surface area (Å²) in [7, 11) is -3.96. The number of nitrogens with one attached hydrogen (secondary N) is 1. The number of benzene rings is 2. The minimum absolute atomic E-state index is 0.0560. The van der Waals surface area contributed by atoms with Gasteiger partial charge < -0.3 is 9.73 Å². The molecule has 0 unspecified atom stereocenters. The summed E-state index contributed by atoms with van der Waals surface area (Å²) in [5.41, 5.74) is 1.53. The highest BCUT2D eigenvalue weighted by atomic mass is 35.5. The van der Waals surface area contributed by atoms with Crippen molar-refractivity contribution in [2.75, 3.05) is 6.54 Å². The fourth-order valence-corrected chi connectivity index (χ4v) is 6.83. The van der Waals surface area contributed by atoms with Crippen molar-refractivity contribution in [2.24, 2.45) is 0 Å². The molecule has 196 valence electrons. The molecule has 1 saturated carbocycles. The van der Waals surface area contributed by atoms with E-state index in [0.717, 1.165) is 36.8 Å². The van der Waals surface area contributed by atoms with Crippen LogP contribution in [-0.4, -0.2) is 41.4 Å². The SMILES string of the molecule is O=C1NCCCC[C@H]1N(Cc1ccc(-c2nnc(C3CCCCC3)o2)cc1)S(=O)(=O)c1ccc(Cl)cc1. The van der Waals surface area contributed by atoms with E-state index in [1.807, 2.05) is 24.3 Å². The van der Waals surface area contributed by atoms with Crippen molar-refractivity contribution < 1.29 is 17.6 Å². The van der Waals surface area contributed by atoms with Crippen LogP contribution in [0.15, 0.2) is 57.8 Å². The smallest absolute Gasteiger partial charge is 0.247 e. The number of hydrogen-bond donors (Lipinski definition) is 1. The van der Waals surface area contributed by atoms with Gasteiger partial charge in [-0.1, -0.05) is 43.0 Å². The Morgan fingerprint density at radius 2 is 1.62 bits per heavy atom. The molecule has 0 spiro atoms. The molecule has 8 nitrogen and oxygen atoms in total. The lowest BCUT2D eigenvalue weighted by Crippen LogP contribution is -2.48. The molecule has 1 N–H and O–H groups in total. The standard InChI is InChI=1S/C27H31ClN4O4S/c28-22-13-15-23(16-14-22)37(34,35)32(24-8-4-5-17-29-25(24)33)18-19-9-11-21(12-10-19)27-31-30-26(36-27)20-6-2-1-3-7-20/h9-16,20,24H,1-8,17-18H2,(H,29,33)/t24-/m1/s1. The van der Waals surface area contributed by atoms with Crippen molar-refractivity contribution in [2.45, 2.75) is 74.8 Å². The van der Waals surface area contributed by atoms with Gasteiger partial charge in [-0.25, -0.2) is 8.42 Å². The molecule has 1 aliphatic heterocycles. The first kappa shape index (κ1) is 25.9. The van der Waals surface area contributed by atoms with E-state index in [-0.39, 0.29) is 17.3 Å². The molecule has 2 aromatic carbocycles. The van der Waals surface area contributed by atoms with Gasteiger partial charge in [-0.15, -0.1) is 10.2 Å². The highest BCUT2D eigenvalue weighted by molar-refractivity contribution is 7.89. The second-order valence-corrected chi connectivity index (χ2v) is 12.1. The lowest BCUT2D eigenvalue weighted by molar-refractivity contribution is -0.124. The van der Waals surface area contributed by atoms with Crippen molar-refractivity contribution >= 4 is 27.5 Å². The molecule has 2 heterocycles. The third-order valence-electron chi connectivity index (χ3n) is 7.21. The molecule has 2 aliphatic rings. The summed E-state index contributed by atoms with van der Waals surface area (Å²) in [6.45, 7) is 0.604. The zero-order valence-electron chi connectivity index (χ0n) is 20.6. The maximum atomic E-state index is 13.7. The van der Waals surface area contributed by atoms with E-state index in [2.05, 4.69) is 15.5 Å². The van der Waals surface area contributed by atoms with Gasteiger partial charge in [0.05, 0.1) is 4.90 Å². The van der Waals surface area contributed by atoms with E-state index in [0.29, 0.717) is 35.7 Å². The van der Waals surface area contributed by atoms with Crippen LogP contribution in [0.4, 0.5) is 0 Å². The Morgan fingerprint density at radius 3 is 2.35 bits per heavy atom. The zero-order valence-corrected chi connectivity index (χ0v) is 22.2. The molecule has 0 bridgehead atoms. The van der Waals surface area contributed by atoms with Crippen molar-refractivity contribution in [3.63, 3.8) is 0 Å². The van der Waals surface area contributed by atoms with Gasteiger partial charge in [-0.2, -0.15) is 4.31 Å². The van der Waals surface area contributed by atoms with Gasteiger partial charge in [0, 0.05) is 29.6 Å². The molecule has 5 rings (SSSR count). The fraction of sp³-hybridized carbons (Fsp3) is 0.444. The van der Waals surface area contributed by atoms with Crippen LogP contribution < -0.4 is 5.32 Å². The number of sulfonamides is 1. The number of amides is 1. The maximum absolute atomic E-state index is 13.7. The lowest BCUT2D eigenvalue weighted by atomic mass is 9.89. The van der Waals surface area contributed by atoms with Crippen LogP contribution >= 0.6 is 11.6 Å². The molecule has 1 aromatic heterocycles. The predicted molar refractivity (Wildman–Crippen MR) is 140 cm³/mol. The molecule has 0 radical (unpaired) electrons. The van der Waals surface area contributed by atoms with Crippen LogP contribution in [0.2, 0.25) is 5.02 Å². The van der Waals surface area contributed by atoms with Crippen LogP contribution in [0.5, 0.6) is 0 Å². The van der Waals surface area contributed by atoms with Crippen LogP contribution in [0.25, 0.3) is 11.5 Å². The van der Waals surface area contributed by atoms with Gasteiger partial charge in [0.2, 0.25) is 27.7 Å². The van der Waals surface area contributed by atoms with Crippen molar-refractivity contribution in [1.82, 2.24) is 19.8 Å². The molecule has 1 atom stereocenters. The Balaban J connectivity index is 1.40. The van der Waals surface area contributed by atoms with E-state index in [1.165, 1.54) is 35.7 Å². The number of carbonyl (C=O) groups is 1. The van der Waals surface area contributed by atoms with Gasteiger partial charge in [0.15, 0.2) is 0 Å². The number of carbonyl (C=O) groups excluding carboxylic acids is 1. The summed E-state index contributed by atoms with van der Waals surface area (Å²) in [6, 6.07) is 12.6. The van der Waals surface area contributed by atoms with Crippen LogP contribution in [0, 0.1) is 0 Å². The summed E-state index contributed by atoms with van der Waals surface area (Å²) < 4.78 is 34.7. The summed E-state index contributed by atoms with van der Waals surface area (Å²) in [6.07, 6.45) is 7.82. The van der Waals surface area contributed by atoms with Crippen molar-refractivity contribution in [1.29, 1.82) is 0 Å². The van der Waals surface area contributed by atoms with E-state index in [4.69, 9.17) is 16.0 Å². The van der Waals surface area contributed by atoms with Crippen molar-refractivity contribution in [3.05, 3.63) is 65.0 Å². The third kappa shape index (κ3) is 5.89. The van der Waals surface area contributed by atoms with Gasteiger partial charge in [0.1, 0.15) is 6.04 Å². The Labute approximate surface area is 222 Å². The number of aromatic nitrogens is 2. The summed E-state index contributed by atoms with van der Waals surface area (Å²) in [4.78, 5) is 13.0. The Kier molecular flexibility index (Phi) is 7.92. The highest BCUT2D eigenvalue weighted by Crippen LogP contribution is 2.33. The fourth-order valence-electron chi connectivity index (χ4n) is 5.10. The maximum Gasteiger partial charge on any atom is 0.247 e. The summed E-state index contributed by atoms with van der Waals surface area (Å²) >= 11 is 5.99. The monoisotopic (exact) mass is 542 g/mol. The molecular weight excluding hydrogens is 512 g/mol. The van der Waals surface area contributed by atoms with E-state index in [1.54, 1.807) is 12.1 Å². The van der Waals surface area contributed by atoms with Crippen molar-refractivity contribution in [3.8, 4) is 11.5 Å². The number of hydrogen-bond acceptors (Lipinski definition) is 6. The van der Waals surface area contributed by atoms with Gasteiger partial charge >= 0.3 is 0 Å². The summed E-state index contributed by atoms with van der Waals surface area (Å²) in [5, 5.41) is 11.8. The van der Waals surface area contributed by atoms with Gasteiger partial charge in [-0.05, 0) is 74.1 Å². The molecule has 1 aliphatic carbocycles. The zero-order chi connectivity index (χ0) is 25.8. The molecule has 1 amide bonds. The minimum atomic E-state index is -3.96. The molecule has 37 heavy (non-hydrogen) atoms. The first-order chi connectivity index (χ1) is 17.9. The average Bonchev–Trinajstić information content (AvgIpc) is 3.32. The molecule has 3 aromatic rings. The van der Waals surface area contributed by atoms with Crippen LogP contribution in [0.1, 0.15) is 68.7 Å². The normalized spacial score (nSPS) is 19.5. The predicted octanol–water partition coefficient (Wildman–Crippen LogP) is 5.30. The lowest BCUT2D eigenvalue weighted by Gasteiger charge is -2.29. The topological polar surface area (TPSA) is 105 Å².